The molecule has 0 saturated carbocycles. The second-order valence-electron chi connectivity index (χ2n) is 7.78. The van der Waals surface area contributed by atoms with Crippen LogP contribution >= 0.6 is 0 Å². The molecular formula is C18H32BNO4. The van der Waals surface area contributed by atoms with Gasteiger partial charge in [0.05, 0.1) is 13.9 Å². The van der Waals surface area contributed by atoms with E-state index >= 15 is 0 Å². The van der Waals surface area contributed by atoms with Crippen molar-refractivity contribution in [2.24, 2.45) is 5.89 Å². The Morgan fingerprint density at radius 3 is 2.46 bits per heavy atom. The Bertz CT molecular complexity index is 909. The van der Waals surface area contributed by atoms with E-state index in [0.29, 0.717) is 0 Å². The molecule has 0 aromatic rings. The summed E-state index contributed by atoms with van der Waals surface area (Å²) >= 11 is 0. The monoisotopic (exact) mass is 348 g/mol. The third-order valence-electron chi connectivity index (χ3n) is 4.02. The minimum Gasteiger partial charge on any atom is -0.443 e. The summed E-state index contributed by atoms with van der Waals surface area (Å²) in [4.78, 5) is 13.2. The number of ether oxygens (including phenoxy) is 1. The summed E-state index contributed by atoms with van der Waals surface area (Å²) in [6.45, 7) is 3.17. The van der Waals surface area contributed by atoms with Crippen LogP contribution in [-0.4, -0.2) is 40.9 Å². The Hall–Kier alpha value is -1.01. The minimum atomic E-state index is -3.83. The number of hydrogen-bond donors (Lipinski definition) is 0. The number of hydrogen-bond acceptors (Lipinski definition) is 4. The fraction of sp³-hybridized carbons (Fsp3) is 0.833. The normalized spacial score (nSPS) is 45.9. The molecule has 5 nitrogen and oxygen atoms in total. The van der Waals surface area contributed by atoms with Crippen molar-refractivity contribution in [2.45, 2.75) is 91.4 Å². The number of rotatable bonds is 1. The molecule has 1 fully saturated rings. The second-order valence-corrected chi connectivity index (χ2v) is 7.78. The molecule has 0 N–H and O–H groups in total. The van der Waals surface area contributed by atoms with Crippen molar-refractivity contribution < 1.29 is 33.9 Å². The highest BCUT2D eigenvalue weighted by atomic mass is 16.7. The van der Waals surface area contributed by atoms with Gasteiger partial charge < -0.3 is 14.0 Å². The van der Waals surface area contributed by atoms with Crippen LogP contribution in [0.3, 0.4) is 0 Å². The molecule has 0 aromatic heterocycles. The molecule has 0 aromatic carbocycles. The summed E-state index contributed by atoms with van der Waals surface area (Å²) in [5, 5.41) is 0. The van der Waals surface area contributed by atoms with E-state index < -0.39 is 73.7 Å². The van der Waals surface area contributed by atoms with Gasteiger partial charge in [0.25, 0.3) is 0 Å². The van der Waals surface area contributed by atoms with Crippen LogP contribution in [0.25, 0.3) is 0 Å². The predicted molar refractivity (Wildman–Crippen MR) is 95.5 cm³/mol. The first-order chi connectivity index (χ1) is 15.1. The highest BCUT2D eigenvalue weighted by Crippen LogP contribution is 2.41. The molecule has 2 unspecified atom stereocenters. The summed E-state index contributed by atoms with van der Waals surface area (Å²) in [5.74, 6) is -3.83. The zero-order valence-electron chi connectivity index (χ0n) is 26.2. The Balaban J connectivity index is 3.03. The Kier molecular flexibility index (Phi) is 2.29. The van der Waals surface area contributed by atoms with Crippen LogP contribution in [0.2, 0.25) is 0 Å². The zero-order chi connectivity index (χ0) is 28.0. The second kappa shape index (κ2) is 6.06. The predicted octanol–water partition coefficient (Wildman–Crippen LogP) is 4.17. The fourth-order valence-electron chi connectivity index (χ4n) is 2.03. The molecule has 2 atom stereocenters. The van der Waals surface area contributed by atoms with Crippen molar-refractivity contribution in [2.75, 3.05) is 0 Å². The highest BCUT2D eigenvalue weighted by molar-refractivity contribution is 6.54. The van der Waals surface area contributed by atoms with Gasteiger partial charge in [-0.1, -0.05) is 6.85 Å². The first-order valence-corrected chi connectivity index (χ1v) is 7.70. The molecule has 6 heteroatoms. The van der Waals surface area contributed by atoms with E-state index in [1.54, 1.807) is 27.7 Å². The van der Waals surface area contributed by atoms with E-state index in [0.717, 1.165) is 0 Å². The maximum absolute atomic E-state index is 13.2. The Labute approximate surface area is 162 Å². The molecular weight excluding hydrogens is 305 g/mol. The van der Waals surface area contributed by atoms with Crippen LogP contribution in [0.15, 0.2) is 11.6 Å². The van der Waals surface area contributed by atoms with Crippen molar-refractivity contribution >= 4 is 13.2 Å². The molecule has 2 aliphatic rings. The first kappa shape index (κ1) is 9.08. The van der Waals surface area contributed by atoms with Crippen molar-refractivity contribution in [3.05, 3.63) is 11.6 Å². The molecule has 1 saturated heterocycles. The van der Waals surface area contributed by atoms with E-state index in [1.807, 2.05) is 0 Å². The Morgan fingerprint density at radius 1 is 1.42 bits per heavy atom. The maximum atomic E-state index is 13.2. The first-order valence-electron chi connectivity index (χ1n) is 13.2. The topological polar surface area (TPSA) is 48.0 Å². The van der Waals surface area contributed by atoms with Crippen molar-refractivity contribution in [1.82, 2.24) is 4.90 Å². The van der Waals surface area contributed by atoms with Gasteiger partial charge in [-0.2, -0.15) is 0 Å². The van der Waals surface area contributed by atoms with E-state index in [1.165, 1.54) is 20.8 Å². The van der Waals surface area contributed by atoms with Gasteiger partial charge in [0.1, 0.15) is 5.60 Å². The van der Waals surface area contributed by atoms with Crippen LogP contribution in [0.5, 0.6) is 0 Å². The number of allylic oxidation sites excluding steroid dienone is 1. The van der Waals surface area contributed by atoms with E-state index in [-0.39, 0.29) is 4.90 Å². The minimum absolute atomic E-state index is 0.0771. The molecule has 2 aliphatic heterocycles. The SMILES string of the molecule is [2H]C1=C(B2OC(C)(C)C(C)(C)O2)C([2H])([2H])C([2H])(C([2H])([2H])[2H])C([2H])(C([2H])([2H])[2H])N1C(=O)OC(C)(C)C. The van der Waals surface area contributed by atoms with Crippen LogP contribution < -0.4 is 0 Å². The van der Waals surface area contributed by atoms with Gasteiger partial charge in [-0.05, 0) is 73.1 Å². The van der Waals surface area contributed by atoms with Crippen LogP contribution in [0, 0.1) is 5.89 Å². The number of amides is 1. The van der Waals surface area contributed by atoms with Gasteiger partial charge in [0.2, 0.25) is 0 Å². The lowest BCUT2D eigenvalue weighted by Crippen LogP contribution is -2.45. The third kappa shape index (κ3) is 3.80. The van der Waals surface area contributed by atoms with Crippen molar-refractivity contribution in [1.29, 1.82) is 0 Å². The fourth-order valence-corrected chi connectivity index (χ4v) is 2.03. The van der Waals surface area contributed by atoms with E-state index in [4.69, 9.17) is 29.1 Å². The van der Waals surface area contributed by atoms with Crippen LogP contribution in [0.1, 0.15) is 83.6 Å². The van der Waals surface area contributed by atoms with Crippen LogP contribution in [0.4, 0.5) is 4.79 Å². The van der Waals surface area contributed by atoms with Crippen LogP contribution in [-0.2, 0) is 14.0 Å². The smallest absolute Gasteiger partial charge is 0.443 e. The zero-order valence-corrected chi connectivity index (χ0v) is 15.2. The highest BCUT2D eigenvalue weighted by Gasteiger charge is 2.53. The number of nitrogens with zero attached hydrogens (tertiary/aromatic N) is 1. The van der Waals surface area contributed by atoms with Crippen molar-refractivity contribution in [3.63, 3.8) is 0 Å². The van der Waals surface area contributed by atoms with Gasteiger partial charge >= 0.3 is 13.2 Å². The lowest BCUT2D eigenvalue weighted by atomic mass is 9.71. The summed E-state index contributed by atoms with van der Waals surface area (Å²) in [6, 6.07) is -3.80. The summed E-state index contributed by atoms with van der Waals surface area (Å²) in [7, 11) is -1.76. The average Bonchev–Trinajstić information content (AvgIpc) is 2.75. The van der Waals surface area contributed by atoms with Crippen molar-refractivity contribution in [3.8, 4) is 0 Å². The summed E-state index contributed by atoms with van der Waals surface area (Å²) < 4.78 is 109. The Morgan fingerprint density at radius 2 is 2.00 bits per heavy atom. The third-order valence-corrected chi connectivity index (χ3v) is 4.02. The van der Waals surface area contributed by atoms with Gasteiger partial charge in [0, 0.05) is 24.5 Å². The van der Waals surface area contributed by atoms with E-state index in [9.17, 15) is 4.79 Å². The average molecular weight is 348 g/mol. The quantitative estimate of drug-likeness (QED) is 0.668. The number of carbonyl (C=O) groups excluding carboxylic acids is 1. The van der Waals surface area contributed by atoms with E-state index in [2.05, 4.69) is 0 Å². The lowest BCUT2D eigenvalue weighted by Gasteiger charge is -2.37. The molecule has 2 rings (SSSR count). The molecule has 1 amide bonds. The van der Waals surface area contributed by atoms with Gasteiger partial charge in [-0.25, -0.2) is 4.79 Å². The number of carbonyl (C=O) groups is 1. The summed E-state index contributed by atoms with van der Waals surface area (Å²) in [6.07, 6.45) is -6.29. The molecule has 0 bridgehead atoms. The molecule has 0 spiro atoms. The molecule has 24 heavy (non-hydrogen) atoms. The van der Waals surface area contributed by atoms with Gasteiger partial charge in [0.15, 0.2) is 0 Å². The molecule has 0 radical (unpaired) electrons. The molecule has 136 valence electrons. The lowest BCUT2D eigenvalue weighted by molar-refractivity contribution is 0.00578. The standard InChI is InChI=1S/C18H32BNO4/c1-12-10-14(19-23-17(6,7)18(8,9)24-19)11-20(13(12)2)15(21)22-16(3,4)5/h11-13H,10H2,1-9H3/i1D3,2D3,10D2,11D,12D,13D. The summed E-state index contributed by atoms with van der Waals surface area (Å²) in [5.41, 5.74) is -4.36. The largest absolute Gasteiger partial charge is 0.492 e. The van der Waals surface area contributed by atoms with Gasteiger partial charge in [-0.3, -0.25) is 4.90 Å². The maximum Gasteiger partial charge on any atom is 0.492 e. The molecule has 2 heterocycles. The van der Waals surface area contributed by atoms with Gasteiger partial charge in [-0.15, -0.1) is 0 Å². The molecule has 0 aliphatic carbocycles.